The number of hydrogen-bond donors (Lipinski definition) is 1. The Morgan fingerprint density at radius 1 is 0.811 bits per heavy atom. The molecular formula is C32H28N4O. The summed E-state index contributed by atoms with van der Waals surface area (Å²) in [6.07, 6.45) is 7.14. The monoisotopic (exact) mass is 484 g/mol. The maximum absolute atomic E-state index is 10.2. The van der Waals surface area contributed by atoms with E-state index in [9.17, 15) is 5.11 Å². The van der Waals surface area contributed by atoms with Gasteiger partial charge >= 0.3 is 0 Å². The molecule has 0 aliphatic carbocycles. The van der Waals surface area contributed by atoms with E-state index in [2.05, 4.69) is 98.4 Å². The number of phenols is 1. The van der Waals surface area contributed by atoms with Gasteiger partial charge < -0.3 is 5.11 Å². The molecular weight excluding hydrogens is 456 g/mol. The second kappa shape index (κ2) is 8.79. The highest BCUT2D eigenvalue weighted by Gasteiger charge is 2.25. The summed E-state index contributed by atoms with van der Waals surface area (Å²) < 4.78 is 6.00. The van der Waals surface area contributed by atoms with Crippen molar-refractivity contribution in [2.45, 2.75) is 26.2 Å². The molecule has 182 valence electrons. The van der Waals surface area contributed by atoms with Crippen molar-refractivity contribution in [3.63, 3.8) is 0 Å². The number of fused-ring (bicyclic) bond motifs is 1. The van der Waals surface area contributed by atoms with E-state index in [4.69, 9.17) is 4.98 Å². The molecule has 37 heavy (non-hydrogen) atoms. The number of imidazole rings is 2. The predicted octanol–water partition coefficient (Wildman–Crippen LogP) is 6.56. The van der Waals surface area contributed by atoms with E-state index in [-0.39, 0.29) is 11.2 Å². The lowest BCUT2D eigenvalue weighted by atomic mass is 9.95. The molecule has 2 aromatic heterocycles. The molecule has 0 fully saturated rings. The smallest absolute Gasteiger partial charge is 0.268 e. The lowest BCUT2D eigenvalue weighted by Crippen LogP contribution is -2.28. The van der Waals surface area contributed by atoms with Crippen LogP contribution in [0.15, 0.2) is 109 Å². The van der Waals surface area contributed by atoms with E-state index in [1.165, 1.54) is 0 Å². The van der Waals surface area contributed by atoms with E-state index in [1.807, 2.05) is 41.2 Å². The Morgan fingerprint density at radius 3 is 2.32 bits per heavy atom. The van der Waals surface area contributed by atoms with Gasteiger partial charge in [-0.15, -0.1) is 0 Å². The van der Waals surface area contributed by atoms with E-state index in [1.54, 1.807) is 10.6 Å². The summed E-state index contributed by atoms with van der Waals surface area (Å²) in [5.41, 5.74) is 6.86. The highest BCUT2D eigenvalue weighted by atomic mass is 16.3. The molecule has 0 spiro atoms. The maximum atomic E-state index is 10.2. The minimum Gasteiger partial charge on any atom is -0.511 e. The van der Waals surface area contributed by atoms with Crippen molar-refractivity contribution in [1.29, 1.82) is 0 Å². The molecule has 5 nitrogen and oxygen atoms in total. The van der Waals surface area contributed by atoms with Crippen molar-refractivity contribution in [3.8, 4) is 33.9 Å². The van der Waals surface area contributed by atoms with Gasteiger partial charge in [0.1, 0.15) is 17.3 Å². The summed E-state index contributed by atoms with van der Waals surface area (Å²) in [5, 5.41) is 10.2. The second-order valence-corrected chi connectivity index (χ2v) is 10.2. The molecule has 4 aromatic carbocycles. The number of para-hydroxylation sites is 4. The van der Waals surface area contributed by atoms with Crippen LogP contribution in [0.3, 0.4) is 0 Å². The predicted molar refractivity (Wildman–Crippen MR) is 147 cm³/mol. The third-order valence-electron chi connectivity index (χ3n) is 6.53. The summed E-state index contributed by atoms with van der Waals surface area (Å²) in [6.45, 7) is 6.61. The second-order valence-electron chi connectivity index (χ2n) is 10.2. The Morgan fingerprint density at radius 2 is 1.54 bits per heavy atom. The highest BCUT2D eigenvalue weighted by Crippen LogP contribution is 2.35. The summed E-state index contributed by atoms with van der Waals surface area (Å²) >= 11 is 0. The van der Waals surface area contributed by atoms with Gasteiger partial charge in [0.25, 0.3) is 6.33 Å². The molecule has 5 heteroatoms. The highest BCUT2D eigenvalue weighted by molar-refractivity contribution is 5.94. The standard InChI is InChI=1S/C32H28N4O/c1-32(2,3)31-33-30-26(15-10-17-28(30)36(31)24-12-5-4-6-13-24)23-11-9-14-25(21-23)34-19-20-35(22-34)27-16-7-8-18-29(27)37/h4-21,37H,1-3H3. The quantitative estimate of drug-likeness (QED) is 0.227. The summed E-state index contributed by atoms with van der Waals surface area (Å²) in [5.74, 6) is 1.24. The van der Waals surface area contributed by atoms with Gasteiger partial charge in [-0.05, 0) is 48.0 Å². The first-order valence-electron chi connectivity index (χ1n) is 12.4. The molecule has 6 aromatic rings. The zero-order valence-electron chi connectivity index (χ0n) is 21.1. The first kappa shape index (κ1) is 22.8. The summed E-state index contributed by atoms with van der Waals surface area (Å²) in [6, 6.07) is 32.4. The fraction of sp³-hybridized carbons (Fsp3) is 0.125. The molecule has 0 saturated carbocycles. The fourth-order valence-electron chi connectivity index (χ4n) is 4.76. The van der Waals surface area contributed by atoms with Gasteiger partial charge in [-0.25, -0.2) is 4.98 Å². The SMILES string of the molecule is CC(C)(C)c1nc2c(-c3cccc(-n4[c-][n+](-c5ccccc5O)cc4)c3)cccc2n1-c1ccccc1. The van der Waals surface area contributed by atoms with Crippen molar-refractivity contribution < 1.29 is 9.67 Å². The number of benzene rings is 4. The van der Waals surface area contributed by atoms with Gasteiger partial charge in [-0.2, -0.15) is 0 Å². The largest absolute Gasteiger partial charge is 0.511 e. The van der Waals surface area contributed by atoms with Crippen LogP contribution in [0, 0.1) is 6.33 Å². The van der Waals surface area contributed by atoms with Crippen LogP contribution in [-0.4, -0.2) is 19.2 Å². The van der Waals surface area contributed by atoms with Gasteiger partial charge in [0.05, 0.1) is 16.7 Å². The van der Waals surface area contributed by atoms with Gasteiger partial charge in [-0.3, -0.25) is 13.7 Å². The topological polar surface area (TPSA) is 46.9 Å². The van der Waals surface area contributed by atoms with Crippen molar-refractivity contribution in [3.05, 3.63) is 122 Å². The average Bonchev–Trinajstić information content (AvgIpc) is 3.55. The molecule has 0 atom stereocenters. The Hall–Kier alpha value is -4.64. The zero-order chi connectivity index (χ0) is 25.6. The van der Waals surface area contributed by atoms with Crippen LogP contribution in [0.25, 0.3) is 39.2 Å². The number of phenolic OH excluding ortho intramolecular Hbond substituents is 1. The van der Waals surface area contributed by atoms with Crippen LogP contribution in [0.1, 0.15) is 26.6 Å². The molecule has 0 amide bonds. The Kier molecular flexibility index (Phi) is 5.41. The first-order chi connectivity index (χ1) is 17.9. The molecule has 0 aliphatic rings. The summed E-state index contributed by atoms with van der Waals surface area (Å²) in [7, 11) is 0. The van der Waals surface area contributed by atoms with Crippen LogP contribution in [0.5, 0.6) is 5.75 Å². The summed E-state index contributed by atoms with van der Waals surface area (Å²) in [4.78, 5) is 5.21. The van der Waals surface area contributed by atoms with E-state index < -0.39 is 0 Å². The molecule has 6 rings (SSSR count). The van der Waals surface area contributed by atoms with Crippen LogP contribution in [0.4, 0.5) is 0 Å². The Labute approximate surface area is 216 Å². The van der Waals surface area contributed by atoms with Gasteiger partial charge in [0.15, 0.2) is 0 Å². The zero-order valence-corrected chi connectivity index (χ0v) is 21.1. The molecule has 0 aliphatic heterocycles. The number of rotatable bonds is 4. The molecule has 0 bridgehead atoms. The van der Waals surface area contributed by atoms with E-state index in [0.717, 1.165) is 39.4 Å². The fourth-order valence-corrected chi connectivity index (χ4v) is 4.76. The number of aromatic hydroxyl groups is 1. The van der Waals surface area contributed by atoms with Crippen LogP contribution < -0.4 is 4.57 Å². The van der Waals surface area contributed by atoms with Gasteiger partial charge in [0, 0.05) is 29.1 Å². The first-order valence-corrected chi connectivity index (χ1v) is 12.4. The average molecular weight is 485 g/mol. The van der Waals surface area contributed by atoms with Crippen molar-refractivity contribution >= 4 is 11.0 Å². The van der Waals surface area contributed by atoms with Crippen molar-refractivity contribution in [1.82, 2.24) is 14.1 Å². The van der Waals surface area contributed by atoms with Crippen LogP contribution in [0.2, 0.25) is 0 Å². The third-order valence-corrected chi connectivity index (χ3v) is 6.53. The molecule has 0 unspecified atom stereocenters. The molecule has 0 radical (unpaired) electrons. The molecule has 0 saturated heterocycles. The molecule has 2 heterocycles. The molecule has 1 N–H and O–H groups in total. The van der Waals surface area contributed by atoms with Crippen LogP contribution in [-0.2, 0) is 5.41 Å². The minimum absolute atomic E-state index is 0.134. The number of hydrogen-bond acceptors (Lipinski definition) is 2. The third kappa shape index (κ3) is 4.08. The Bertz CT molecular complexity index is 1720. The van der Waals surface area contributed by atoms with Crippen LogP contribution >= 0.6 is 0 Å². The number of aromatic nitrogens is 4. The van der Waals surface area contributed by atoms with Gasteiger partial charge in [0.2, 0.25) is 0 Å². The number of nitrogens with zero attached hydrogens (tertiary/aromatic N) is 4. The lowest BCUT2D eigenvalue weighted by Gasteiger charge is -2.20. The van der Waals surface area contributed by atoms with Gasteiger partial charge in [-0.1, -0.05) is 75.4 Å². The maximum Gasteiger partial charge on any atom is 0.268 e. The van der Waals surface area contributed by atoms with Crippen molar-refractivity contribution in [2.75, 3.05) is 0 Å². The minimum atomic E-state index is -0.134. The normalized spacial score (nSPS) is 11.8. The van der Waals surface area contributed by atoms with Crippen molar-refractivity contribution in [2.24, 2.45) is 0 Å². The van der Waals surface area contributed by atoms with E-state index >= 15 is 0 Å². The lowest BCUT2D eigenvalue weighted by molar-refractivity contribution is -0.599. The Balaban J connectivity index is 1.48. The van der Waals surface area contributed by atoms with E-state index in [0.29, 0.717) is 5.69 Å².